The molecule has 0 fully saturated rings. The molecule has 4 rings (SSSR count). The third kappa shape index (κ3) is 2.33. The molecule has 0 aromatic heterocycles. The standard InChI is InChI=1S/C18H13ClO5/c1-9-14(20)3-2-13-16(21)15(24-17(9)13)6-10-4-12(19)5-11-7-22-8-23-18(10)11/h2-6,20H,7-8H2,1H3/b15-6-. The van der Waals surface area contributed by atoms with Gasteiger partial charge in [-0.3, -0.25) is 4.79 Å². The molecular formula is C18H13ClO5. The molecule has 0 saturated heterocycles. The fourth-order valence-corrected chi connectivity index (χ4v) is 3.08. The van der Waals surface area contributed by atoms with Crippen LogP contribution in [0.25, 0.3) is 6.08 Å². The van der Waals surface area contributed by atoms with Crippen molar-refractivity contribution in [2.45, 2.75) is 13.5 Å². The number of hydrogen-bond donors (Lipinski definition) is 1. The maximum Gasteiger partial charge on any atom is 0.231 e. The van der Waals surface area contributed by atoms with E-state index in [1.807, 2.05) is 0 Å². The highest BCUT2D eigenvalue weighted by molar-refractivity contribution is 6.31. The van der Waals surface area contributed by atoms with E-state index in [0.29, 0.717) is 39.8 Å². The topological polar surface area (TPSA) is 65.0 Å². The lowest BCUT2D eigenvalue weighted by atomic mass is 10.0. The number of phenols is 1. The van der Waals surface area contributed by atoms with Gasteiger partial charge in [-0.25, -0.2) is 0 Å². The molecule has 2 heterocycles. The van der Waals surface area contributed by atoms with Crippen molar-refractivity contribution >= 4 is 23.5 Å². The van der Waals surface area contributed by atoms with Gasteiger partial charge in [-0.05, 0) is 37.3 Å². The Hall–Kier alpha value is -2.50. The quantitative estimate of drug-likeness (QED) is 0.796. The first-order valence-corrected chi connectivity index (χ1v) is 7.72. The van der Waals surface area contributed by atoms with E-state index >= 15 is 0 Å². The SMILES string of the molecule is Cc1c(O)ccc2c1O/C(=C\c1cc(Cl)cc3c1OCOC3)C2=O. The summed E-state index contributed by atoms with van der Waals surface area (Å²) in [5.41, 5.74) is 2.43. The van der Waals surface area contributed by atoms with Gasteiger partial charge in [0.15, 0.2) is 12.6 Å². The summed E-state index contributed by atoms with van der Waals surface area (Å²) in [5.74, 6) is 1.02. The number of rotatable bonds is 1. The van der Waals surface area contributed by atoms with E-state index in [9.17, 15) is 9.90 Å². The first-order valence-electron chi connectivity index (χ1n) is 7.34. The molecule has 2 aliphatic heterocycles. The Labute approximate surface area is 143 Å². The van der Waals surface area contributed by atoms with Gasteiger partial charge in [0.2, 0.25) is 5.78 Å². The van der Waals surface area contributed by atoms with E-state index in [4.69, 9.17) is 25.8 Å². The van der Waals surface area contributed by atoms with Crippen LogP contribution in [0.5, 0.6) is 17.2 Å². The summed E-state index contributed by atoms with van der Waals surface area (Å²) in [4.78, 5) is 12.5. The summed E-state index contributed by atoms with van der Waals surface area (Å²) >= 11 is 6.14. The number of carbonyl (C=O) groups excluding carboxylic acids is 1. The normalized spacial score (nSPS) is 17.2. The predicted octanol–water partition coefficient (Wildman–Crippen LogP) is 3.84. The smallest absolute Gasteiger partial charge is 0.231 e. The van der Waals surface area contributed by atoms with Gasteiger partial charge in [-0.15, -0.1) is 0 Å². The third-order valence-corrected chi connectivity index (χ3v) is 4.27. The highest BCUT2D eigenvalue weighted by Crippen LogP contribution is 2.40. The summed E-state index contributed by atoms with van der Waals surface area (Å²) in [6.45, 7) is 2.24. The van der Waals surface area contributed by atoms with Gasteiger partial charge in [-0.2, -0.15) is 0 Å². The van der Waals surface area contributed by atoms with E-state index in [1.54, 1.807) is 31.2 Å². The molecule has 0 unspecified atom stereocenters. The predicted molar refractivity (Wildman–Crippen MR) is 87.5 cm³/mol. The van der Waals surface area contributed by atoms with Gasteiger partial charge in [0.25, 0.3) is 0 Å². The van der Waals surface area contributed by atoms with Crippen LogP contribution < -0.4 is 9.47 Å². The van der Waals surface area contributed by atoms with Crippen molar-refractivity contribution in [3.63, 3.8) is 0 Å². The minimum atomic E-state index is -0.242. The number of allylic oxidation sites excluding steroid dienone is 1. The molecule has 0 saturated carbocycles. The van der Waals surface area contributed by atoms with Crippen LogP contribution >= 0.6 is 11.6 Å². The molecule has 1 N–H and O–H groups in total. The minimum absolute atomic E-state index is 0.0865. The molecule has 2 aliphatic rings. The van der Waals surface area contributed by atoms with Crippen LogP contribution in [0.4, 0.5) is 0 Å². The Kier molecular flexibility index (Phi) is 3.48. The second-order valence-electron chi connectivity index (χ2n) is 5.62. The van der Waals surface area contributed by atoms with Crippen molar-refractivity contribution in [3.05, 3.63) is 57.3 Å². The number of Topliss-reactive ketones (excluding diaryl/α,β-unsaturated/α-hetero) is 1. The maximum atomic E-state index is 12.5. The summed E-state index contributed by atoms with van der Waals surface area (Å²) in [7, 11) is 0. The fourth-order valence-electron chi connectivity index (χ4n) is 2.83. The second kappa shape index (κ2) is 5.54. The van der Waals surface area contributed by atoms with Crippen LogP contribution in [0.15, 0.2) is 30.0 Å². The molecule has 2 aromatic carbocycles. The molecule has 0 radical (unpaired) electrons. The minimum Gasteiger partial charge on any atom is -0.508 e. The third-order valence-electron chi connectivity index (χ3n) is 4.05. The average molecular weight is 345 g/mol. The van der Waals surface area contributed by atoms with Gasteiger partial charge in [0.05, 0.1) is 12.2 Å². The Bertz CT molecular complexity index is 901. The van der Waals surface area contributed by atoms with E-state index in [-0.39, 0.29) is 24.1 Å². The van der Waals surface area contributed by atoms with Gasteiger partial charge < -0.3 is 19.3 Å². The van der Waals surface area contributed by atoms with Crippen molar-refractivity contribution in [2.75, 3.05) is 6.79 Å². The zero-order chi connectivity index (χ0) is 16.8. The summed E-state index contributed by atoms with van der Waals surface area (Å²) < 4.78 is 16.5. The Balaban J connectivity index is 1.80. The summed E-state index contributed by atoms with van der Waals surface area (Å²) in [6, 6.07) is 6.52. The van der Waals surface area contributed by atoms with Crippen molar-refractivity contribution in [1.29, 1.82) is 0 Å². The van der Waals surface area contributed by atoms with Gasteiger partial charge in [-0.1, -0.05) is 11.6 Å². The van der Waals surface area contributed by atoms with Gasteiger partial charge in [0.1, 0.15) is 17.2 Å². The first-order chi connectivity index (χ1) is 11.5. The molecule has 24 heavy (non-hydrogen) atoms. The monoisotopic (exact) mass is 344 g/mol. The molecular weight excluding hydrogens is 332 g/mol. The van der Waals surface area contributed by atoms with E-state index in [1.165, 1.54) is 6.07 Å². The number of benzene rings is 2. The van der Waals surface area contributed by atoms with E-state index in [0.717, 1.165) is 5.56 Å². The van der Waals surface area contributed by atoms with E-state index in [2.05, 4.69) is 0 Å². The number of phenolic OH excluding ortho intramolecular Hbond substituents is 1. The Morgan fingerprint density at radius 3 is 2.92 bits per heavy atom. The number of halogens is 1. The molecule has 0 aliphatic carbocycles. The zero-order valence-electron chi connectivity index (χ0n) is 12.8. The molecule has 6 heteroatoms. The number of hydrogen-bond acceptors (Lipinski definition) is 5. The molecule has 0 atom stereocenters. The average Bonchev–Trinajstić information content (AvgIpc) is 2.88. The Morgan fingerprint density at radius 1 is 1.25 bits per heavy atom. The number of ketones is 1. The summed E-state index contributed by atoms with van der Waals surface area (Å²) in [6.07, 6.45) is 1.61. The van der Waals surface area contributed by atoms with Crippen LogP contribution in [0, 0.1) is 6.92 Å². The largest absolute Gasteiger partial charge is 0.508 e. The lowest BCUT2D eigenvalue weighted by Gasteiger charge is -2.20. The fraction of sp³-hybridized carbons (Fsp3) is 0.167. The molecule has 2 aromatic rings. The maximum absolute atomic E-state index is 12.5. The van der Waals surface area contributed by atoms with Crippen LogP contribution in [-0.2, 0) is 11.3 Å². The van der Waals surface area contributed by atoms with Crippen molar-refractivity contribution < 1.29 is 24.1 Å². The number of ether oxygens (including phenoxy) is 3. The lowest BCUT2D eigenvalue weighted by Crippen LogP contribution is -2.12. The molecule has 122 valence electrons. The van der Waals surface area contributed by atoms with Crippen molar-refractivity contribution in [3.8, 4) is 17.2 Å². The highest BCUT2D eigenvalue weighted by atomic mass is 35.5. The first kappa shape index (κ1) is 15.1. The molecule has 0 spiro atoms. The van der Waals surface area contributed by atoms with E-state index < -0.39 is 0 Å². The van der Waals surface area contributed by atoms with Crippen LogP contribution in [-0.4, -0.2) is 17.7 Å². The van der Waals surface area contributed by atoms with Gasteiger partial charge in [0, 0.05) is 21.7 Å². The summed E-state index contributed by atoms with van der Waals surface area (Å²) in [5, 5.41) is 10.3. The lowest BCUT2D eigenvalue weighted by molar-refractivity contribution is -0.0165. The number of aromatic hydroxyl groups is 1. The molecule has 0 bridgehead atoms. The molecule has 0 amide bonds. The zero-order valence-corrected chi connectivity index (χ0v) is 13.5. The van der Waals surface area contributed by atoms with Crippen molar-refractivity contribution in [1.82, 2.24) is 0 Å². The molecule has 5 nitrogen and oxygen atoms in total. The number of fused-ring (bicyclic) bond motifs is 2. The van der Waals surface area contributed by atoms with Crippen LogP contribution in [0.1, 0.15) is 27.0 Å². The highest BCUT2D eigenvalue weighted by Gasteiger charge is 2.30. The second-order valence-corrected chi connectivity index (χ2v) is 6.06. The van der Waals surface area contributed by atoms with Crippen LogP contribution in [0.3, 0.4) is 0 Å². The van der Waals surface area contributed by atoms with Crippen molar-refractivity contribution in [2.24, 2.45) is 0 Å². The number of carbonyl (C=O) groups is 1. The van der Waals surface area contributed by atoms with Crippen LogP contribution in [0.2, 0.25) is 5.02 Å². The Morgan fingerprint density at radius 2 is 2.08 bits per heavy atom. The van der Waals surface area contributed by atoms with Gasteiger partial charge >= 0.3 is 0 Å².